The molecule has 3 heterocycles. The van der Waals surface area contributed by atoms with Gasteiger partial charge < -0.3 is 4.57 Å². The molecule has 0 aliphatic heterocycles. The fourth-order valence-electron chi connectivity index (χ4n) is 8.46. The minimum Gasteiger partial charge on any atom is -0.309 e. The van der Waals surface area contributed by atoms with Gasteiger partial charge in [0.05, 0.1) is 22.1 Å². The molecule has 0 amide bonds. The van der Waals surface area contributed by atoms with Crippen molar-refractivity contribution in [1.29, 1.82) is 0 Å². The van der Waals surface area contributed by atoms with E-state index in [1.165, 1.54) is 38.5 Å². The number of rotatable bonds is 4. The predicted octanol–water partition coefficient (Wildman–Crippen LogP) is 12.3. The molecule has 8 aromatic carbocycles. The fourth-order valence-corrected chi connectivity index (χ4v) is 8.46. The van der Waals surface area contributed by atoms with E-state index >= 15 is 0 Å². The molecule has 3 aromatic heterocycles. The third-order valence-electron chi connectivity index (χ3n) is 10.9. The highest BCUT2D eigenvalue weighted by molar-refractivity contribution is 6.20. The monoisotopic (exact) mass is 662 g/mol. The molecule has 0 radical (unpaired) electrons. The van der Waals surface area contributed by atoms with E-state index in [1.807, 2.05) is 22.6 Å². The van der Waals surface area contributed by atoms with Crippen LogP contribution in [0.4, 0.5) is 0 Å². The molecule has 242 valence electrons. The molecular formula is C49H30N2O. The largest absolute Gasteiger partial charge is 0.309 e. The zero-order valence-corrected chi connectivity index (χ0v) is 28.1. The van der Waals surface area contributed by atoms with Crippen molar-refractivity contribution in [3.05, 3.63) is 192 Å². The Morgan fingerprint density at radius 2 is 0.788 bits per heavy atom. The van der Waals surface area contributed by atoms with Gasteiger partial charge in [-0.05, 0) is 87.3 Å². The van der Waals surface area contributed by atoms with E-state index in [9.17, 15) is 4.79 Å². The first-order chi connectivity index (χ1) is 25.7. The second-order valence-corrected chi connectivity index (χ2v) is 13.7. The van der Waals surface area contributed by atoms with Crippen LogP contribution < -0.4 is 5.56 Å². The van der Waals surface area contributed by atoms with Crippen molar-refractivity contribution in [2.75, 3.05) is 0 Å². The first-order valence-corrected chi connectivity index (χ1v) is 17.7. The van der Waals surface area contributed by atoms with Crippen LogP contribution in [0.2, 0.25) is 0 Å². The average Bonchev–Trinajstić information content (AvgIpc) is 3.73. The molecule has 11 rings (SSSR count). The van der Waals surface area contributed by atoms with E-state index < -0.39 is 0 Å². The third-order valence-corrected chi connectivity index (χ3v) is 10.9. The lowest BCUT2D eigenvalue weighted by Crippen LogP contribution is -2.12. The first kappa shape index (κ1) is 28.8. The Balaban J connectivity index is 0.961. The summed E-state index contributed by atoms with van der Waals surface area (Å²) in [5, 5.41) is 7.58. The van der Waals surface area contributed by atoms with Crippen molar-refractivity contribution in [3.63, 3.8) is 0 Å². The first-order valence-electron chi connectivity index (χ1n) is 17.7. The molecule has 3 heteroatoms. The molecule has 0 bridgehead atoms. The summed E-state index contributed by atoms with van der Waals surface area (Å²) in [4.78, 5) is 13.8. The number of hydrogen-bond donors (Lipinski definition) is 0. The summed E-state index contributed by atoms with van der Waals surface area (Å²) in [5.74, 6) is 0. The van der Waals surface area contributed by atoms with Crippen molar-refractivity contribution in [1.82, 2.24) is 8.97 Å². The second-order valence-electron chi connectivity index (χ2n) is 13.7. The van der Waals surface area contributed by atoms with Gasteiger partial charge in [-0.2, -0.15) is 0 Å². The Morgan fingerprint density at radius 3 is 1.48 bits per heavy atom. The van der Waals surface area contributed by atoms with Gasteiger partial charge in [0.2, 0.25) is 0 Å². The van der Waals surface area contributed by atoms with Crippen molar-refractivity contribution >= 4 is 59.8 Å². The van der Waals surface area contributed by atoms with Gasteiger partial charge in [0.25, 0.3) is 5.56 Å². The third kappa shape index (κ3) is 4.17. The van der Waals surface area contributed by atoms with Gasteiger partial charge in [-0.3, -0.25) is 9.20 Å². The van der Waals surface area contributed by atoms with E-state index in [4.69, 9.17) is 0 Å². The zero-order chi connectivity index (χ0) is 34.3. The lowest BCUT2D eigenvalue weighted by Gasteiger charge is -2.11. The fraction of sp³-hybridized carbons (Fsp3) is 0. The molecule has 0 unspecified atom stereocenters. The molecule has 11 aromatic rings. The maximum atomic E-state index is 13.8. The van der Waals surface area contributed by atoms with E-state index in [0.717, 1.165) is 60.3 Å². The lowest BCUT2D eigenvalue weighted by atomic mass is 9.96. The SMILES string of the molecule is O=c1c2ccccc2c2cccc3c4cc(-c5cccc(-c6ccc(-c7cccc(-n8c9ccccc9c9ccccc98)c7)cc6)c5)ccc4n1c23. The van der Waals surface area contributed by atoms with Gasteiger partial charge in [0, 0.05) is 38.0 Å². The smallest absolute Gasteiger partial charge is 0.263 e. The highest BCUT2D eigenvalue weighted by Crippen LogP contribution is 2.38. The van der Waals surface area contributed by atoms with Gasteiger partial charge in [0.15, 0.2) is 0 Å². The van der Waals surface area contributed by atoms with Crippen LogP contribution in [-0.2, 0) is 0 Å². The van der Waals surface area contributed by atoms with E-state index in [2.05, 4.69) is 168 Å². The maximum absolute atomic E-state index is 13.8. The number of benzene rings is 8. The summed E-state index contributed by atoms with van der Waals surface area (Å²) in [7, 11) is 0. The summed E-state index contributed by atoms with van der Waals surface area (Å²) in [6, 6.07) is 64.5. The van der Waals surface area contributed by atoms with E-state index in [-0.39, 0.29) is 5.56 Å². The van der Waals surface area contributed by atoms with Gasteiger partial charge in [0.1, 0.15) is 0 Å². The van der Waals surface area contributed by atoms with Crippen molar-refractivity contribution in [3.8, 4) is 39.1 Å². The number of aromatic nitrogens is 2. The van der Waals surface area contributed by atoms with Gasteiger partial charge in [-0.15, -0.1) is 0 Å². The summed E-state index contributed by atoms with van der Waals surface area (Å²) >= 11 is 0. The second kappa shape index (κ2) is 11.0. The summed E-state index contributed by atoms with van der Waals surface area (Å²) < 4.78 is 4.27. The van der Waals surface area contributed by atoms with Gasteiger partial charge in [-0.25, -0.2) is 0 Å². The van der Waals surface area contributed by atoms with Crippen LogP contribution in [0.1, 0.15) is 0 Å². The summed E-state index contributed by atoms with van der Waals surface area (Å²) in [5.41, 5.74) is 12.5. The molecular weight excluding hydrogens is 633 g/mol. The van der Waals surface area contributed by atoms with Crippen molar-refractivity contribution in [2.24, 2.45) is 0 Å². The maximum Gasteiger partial charge on any atom is 0.263 e. The quantitative estimate of drug-likeness (QED) is 0.172. The van der Waals surface area contributed by atoms with Gasteiger partial charge in [-0.1, -0.05) is 133 Å². The average molecular weight is 663 g/mol. The van der Waals surface area contributed by atoms with Crippen LogP contribution in [0.25, 0.3) is 98.8 Å². The van der Waals surface area contributed by atoms with Crippen LogP contribution in [0.15, 0.2) is 187 Å². The highest BCUT2D eigenvalue weighted by atomic mass is 16.1. The molecule has 0 saturated heterocycles. The lowest BCUT2D eigenvalue weighted by molar-refractivity contribution is 1.18. The molecule has 0 atom stereocenters. The zero-order valence-electron chi connectivity index (χ0n) is 28.1. The van der Waals surface area contributed by atoms with Crippen LogP contribution in [0.5, 0.6) is 0 Å². The number of nitrogens with zero attached hydrogens (tertiary/aromatic N) is 2. The Bertz CT molecular complexity index is 3200. The van der Waals surface area contributed by atoms with Gasteiger partial charge >= 0.3 is 0 Å². The number of para-hydroxylation sites is 3. The van der Waals surface area contributed by atoms with E-state index in [1.54, 1.807) is 0 Å². The molecule has 0 spiro atoms. The molecule has 0 aliphatic carbocycles. The molecule has 3 nitrogen and oxygen atoms in total. The standard InChI is InChI=1S/C49H30N2O/c52-49-43-17-2-1-14-38(43)41-18-9-19-42-44-30-36(26-27-47(44)51(49)48(41)42)34-11-7-10-33(28-34)31-22-24-32(25-23-31)35-12-8-13-37(29-35)50-45-20-5-3-15-39(45)40-16-4-6-21-46(40)50/h1-30H. The highest BCUT2D eigenvalue weighted by Gasteiger charge is 2.18. The molecule has 0 saturated carbocycles. The number of fused-ring (bicyclic) bond motifs is 8. The number of pyridine rings is 1. The van der Waals surface area contributed by atoms with E-state index in [0.29, 0.717) is 0 Å². The van der Waals surface area contributed by atoms with Crippen LogP contribution in [0.3, 0.4) is 0 Å². The molecule has 0 fully saturated rings. The Morgan fingerprint density at radius 1 is 0.308 bits per heavy atom. The summed E-state index contributed by atoms with van der Waals surface area (Å²) in [6.45, 7) is 0. The Kier molecular flexibility index (Phi) is 6.11. The summed E-state index contributed by atoms with van der Waals surface area (Å²) in [6.07, 6.45) is 0. The van der Waals surface area contributed by atoms with Crippen LogP contribution in [-0.4, -0.2) is 8.97 Å². The van der Waals surface area contributed by atoms with Crippen molar-refractivity contribution < 1.29 is 0 Å². The van der Waals surface area contributed by atoms with Crippen LogP contribution in [0, 0.1) is 0 Å². The minimum atomic E-state index is 0.0333. The normalized spacial score (nSPS) is 11.9. The Hall–Kier alpha value is -6.97. The predicted molar refractivity (Wildman–Crippen MR) is 218 cm³/mol. The molecule has 52 heavy (non-hydrogen) atoms. The number of hydrogen-bond acceptors (Lipinski definition) is 1. The topological polar surface area (TPSA) is 26.4 Å². The van der Waals surface area contributed by atoms with Crippen molar-refractivity contribution in [2.45, 2.75) is 0 Å². The molecule has 0 aliphatic rings. The minimum absolute atomic E-state index is 0.0333. The van der Waals surface area contributed by atoms with Crippen LogP contribution >= 0.6 is 0 Å². The molecule has 0 N–H and O–H groups in total. The Labute approximate surface area is 299 Å².